The third-order valence-corrected chi connectivity index (χ3v) is 4.60. The minimum Gasteiger partial charge on any atom is -0.493 e. The van der Waals surface area contributed by atoms with E-state index in [4.69, 9.17) is 9.47 Å². The monoisotopic (exact) mass is 371 g/mol. The highest BCUT2D eigenvalue weighted by molar-refractivity contribution is 5.92. The van der Waals surface area contributed by atoms with Crippen molar-refractivity contribution >= 4 is 11.6 Å². The number of carbonyl (C=O) groups excluding carboxylic acids is 1. The number of rotatable bonds is 9. The van der Waals surface area contributed by atoms with E-state index in [-0.39, 0.29) is 5.91 Å². The summed E-state index contributed by atoms with van der Waals surface area (Å²) in [5.41, 5.74) is 5.57. The molecule has 27 heavy (non-hydrogen) atoms. The zero-order valence-corrected chi connectivity index (χ0v) is 17.0. The summed E-state index contributed by atoms with van der Waals surface area (Å²) in [5, 5.41) is 5.22. The molecule has 0 aliphatic rings. The van der Waals surface area contributed by atoms with E-state index in [2.05, 4.69) is 29.7 Å². The zero-order valence-electron chi connectivity index (χ0n) is 17.0. The second-order valence-corrected chi connectivity index (χ2v) is 6.88. The highest BCUT2D eigenvalue weighted by atomic mass is 16.5. The minimum atomic E-state index is 0.0624. The summed E-state index contributed by atoms with van der Waals surface area (Å²) in [6.07, 6.45) is 1.41. The van der Waals surface area contributed by atoms with Gasteiger partial charge in [0.25, 0.3) is 0 Å². The van der Waals surface area contributed by atoms with Crippen LogP contribution in [0.2, 0.25) is 0 Å². The Morgan fingerprint density at radius 3 is 2.26 bits per heavy atom. The molecule has 5 heteroatoms. The van der Waals surface area contributed by atoms with E-state index in [0.717, 1.165) is 47.8 Å². The standard InChI is InChI=1S/C22H30N2O3/c1-15-12-16(2)22(17(3)13-15)24-21(25)9-11-23-10-8-18-6-7-19(26-4)20(14-18)27-5/h6-7,12-14,23H,8-11H2,1-5H3,(H,24,25)/p+1. The van der Waals surface area contributed by atoms with Crippen LogP contribution < -0.4 is 20.1 Å². The van der Waals surface area contributed by atoms with Crippen molar-refractivity contribution in [3.8, 4) is 11.5 Å². The molecule has 0 aromatic heterocycles. The van der Waals surface area contributed by atoms with E-state index in [0.29, 0.717) is 6.42 Å². The molecule has 146 valence electrons. The highest BCUT2D eigenvalue weighted by Gasteiger charge is 2.09. The van der Waals surface area contributed by atoms with Gasteiger partial charge in [0.05, 0.1) is 33.7 Å². The lowest BCUT2D eigenvalue weighted by atomic mass is 10.1. The van der Waals surface area contributed by atoms with Gasteiger partial charge in [-0.25, -0.2) is 0 Å². The number of carbonyl (C=O) groups is 1. The van der Waals surface area contributed by atoms with Crippen molar-refractivity contribution < 1.29 is 19.6 Å². The lowest BCUT2D eigenvalue weighted by Crippen LogP contribution is -2.85. The van der Waals surface area contributed by atoms with Crippen LogP contribution in [0.3, 0.4) is 0 Å². The van der Waals surface area contributed by atoms with E-state index in [1.165, 1.54) is 11.1 Å². The summed E-state index contributed by atoms with van der Waals surface area (Å²) >= 11 is 0. The summed E-state index contributed by atoms with van der Waals surface area (Å²) in [4.78, 5) is 12.2. The smallest absolute Gasteiger partial charge is 0.230 e. The molecule has 0 aliphatic heterocycles. The molecule has 0 spiro atoms. The maximum atomic E-state index is 12.2. The summed E-state index contributed by atoms with van der Waals surface area (Å²) in [7, 11) is 3.28. The van der Waals surface area contributed by atoms with Crippen molar-refractivity contribution in [2.24, 2.45) is 0 Å². The third kappa shape index (κ3) is 6.00. The number of ether oxygens (including phenoxy) is 2. The van der Waals surface area contributed by atoms with Gasteiger partial charge in [0.2, 0.25) is 5.91 Å². The Bertz CT molecular complexity index is 764. The molecule has 0 aliphatic carbocycles. The van der Waals surface area contributed by atoms with E-state index in [1.807, 2.05) is 32.0 Å². The fraction of sp³-hybridized carbons (Fsp3) is 0.409. The molecule has 0 atom stereocenters. The Kier molecular flexibility index (Phi) is 7.67. The van der Waals surface area contributed by atoms with Crippen LogP contribution in [0.5, 0.6) is 11.5 Å². The molecule has 0 bridgehead atoms. The maximum Gasteiger partial charge on any atom is 0.230 e. The van der Waals surface area contributed by atoms with Gasteiger partial charge in [0, 0.05) is 12.1 Å². The molecule has 0 fully saturated rings. The maximum absolute atomic E-state index is 12.2. The summed E-state index contributed by atoms with van der Waals surface area (Å²) < 4.78 is 10.6. The molecule has 0 heterocycles. The van der Waals surface area contributed by atoms with E-state index >= 15 is 0 Å². The SMILES string of the molecule is COc1ccc(CC[NH2+]CCC(=O)Nc2c(C)cc(C)cc2C)cc1OC. The second-order valence-electron chi connectivity index (χ2n) is 6.88. The van der Waals surface area contributed by atoms with Crippen molar-refractivity contribution in [3.05, 3.63) is 52.6 Å². The molecule has 0 unspecified atom stereocenters. The molecule has 0 saturated carbocycles. The van der Waals surface area contributed by atoms with E-state index in [9.17, 15) is 4.79 Å². The first-order valence-corrected chi connectivity index (χ1v) is 9.35. The summed E-state index contributed by atoms with van der Waals surface area (Å²) in [6.45, 7) is 7.82. The van der Waals surface area contributed by atoms with Gasteiger partial charge in [0.15, 0.2) is 11.5 Å². The van der Waals surface area contributed by atoms with Gasteiger partial charge >= 0.3 is 0 Å². The van der Waals surface area contributed by atoms with Crippen molar-refractivity contribution in [3.63, 3.8) is 0 Å². The Morgan fingerprint density at radius 2 is 1.63 bits per heavy atom. The summed E-state index contributed by atoms with van der Waals surface area (Å²) in [6, 6.07) is 10.2. The normalized spacial score (nSPS) is 10.6. The molecular formula is C22H31N2O3+. The van der Waals surface area contributed by atoms with Crippen LogP contribution in [0, 0.1) is 20.8 Å². The predicted octanol–water partition coefficient (Wildman–Crippen LogP) is 2.76. The fourth-order valence-electron chi connectivity index (χ4n) is 3.26. The van der Waals surface area contributed by atoms with Gasteiger partial charge in [-0.1, -0.05) is 23.8 Å². The molecule has 1 amide bonds. The van der Waals surface area contributed by atoms with Crippen molar-refractivity contribution in [2.75, 3.05) is 32.6 Å². The van der Waals surface area contributed by atoms with Crippen LogP contribution in [-0.2, 0) is 11.2 Å². The molecular weight excluding hydrogens is 340 g/mol. The lowest BCUT2D eigenvalue weighted by Gasteiger charge is -2.12. The predicted molar refractivity (Wildman–Crippen MR) is 109 cm³/mol. The Morgan fingerprint density at radius 1 is 0.963 bits per heavy atom. The number of nitrogens with two attached hydrogens (primary N) is 1. The van der Waals surface area contributed by atoms with Crippen LogP contribution in [0.15, 0.2) is 30.3 Å². The molecule has 2 aromatic rings. The third-order valence-electron chi connectivity index (χ3n) is 4.60. The van der Waals surface area contributed by atoms with Crippen LogP contribution in [0.1, 0.15) is 28.7 Å². The Hall–Kier alpha value is -2.53. The molecule has 0 saturated heterocycles. The van der Waals surface area contributed by atoms with Crippen molar-refractivity contribution in [2.45, 2.75) is 33.6 Å². The van der Waals surface area contributed by atoms with Crippen molar-refractivity contribution in [1.29, 1.82) is 0 Å². The van der Waals surface area contributed by atoms with Gasteiger partial charge in [-0.05, 0) is 49.6 Å². The molecule has 2 rings (SSSR count). The molecule has 3 N–H and O–H groups in total. The van der Waals surface area contributed by atoms with Gasteiger partial charge in [-0.2, -0.15) is 0 Å². The number of hydrogen-bond donors (Lipinski definition) is 2. The first-order valence-electron chi connectivity index (χ1n) is 9.35. The Balaban J connectivity index is 1.75. The fourth-order valence-corrected chi connectivity index (χ4v) is 3.26. The average Bonchev–Trinajstić information content (AvgIpc) is 2.64. The minimum absolute atomic E-state index is 0.0624. The number of amides is 1. The van der Waals surface area contributed by atoms with E-state index < -0.39 is 0 Å². The van der Waals surface area contributed by atoms with Crippen LogP contribution in [0.4, 0.5) is 5.69 Å². The van der Waals surface area contributed by atoms with Crippen LogP contribution in [-0.4, -0.2) is 33.2 Å². The summed E-state index contributed by atoms with van der Waals surface area (Å²) in [5.74, 6) is 1.55. The zero-order chi connectivity index (χ0) is 19.8. The lowest BCUT2D eigenvalue weighted by molar-refractivity contribution is -0.653. The highest BCUT2D eigenvalue weighted by Crippen LogP contribution is 2.27. The number of nitrogens with one attached hydrogen (secondary N) is 1. The number of quaternary nitrogens is 1. The quantitative estimate of drug-likeness (QED) is 0.666. The molecule has 5 nitrogen and oxygen atoms in total. The average molecular weight is 372 g/mol. The van der Waals surface area contributed by atoms with Gasteiger partial charge < -0.3 is 20.1 Å². The first-order chi connectivity index (χ1) is 12.9. The topological polar surface area (TPSA) is 64.2 Å². The number of methoxy groups -OCH3 is 2. The largest absolute Gasteiger partial charge is 0.493 e. The van der Waals surface area contributed by atoms with Crippen molar-refractivity contribution in [1.82, 2.24) is 0 Å². The first kappa shape index (κ1) is 20.8. The molecule has 0 radical (unpaired) electrons. The van der Waals surface area contributed by atoms with Crippen LogP contribution >= 0.6 is 0 Å². The number of hydrogen-bond acceptors (Lipinski definition) is 3. The number of benzene rings is 2. The number of aryl methyl sites for hydroxylation is 3. The number of anilines is 1. The van der Waals surface area contributed by atoms with Crippen LogP contribution in [0.25, 0.3) is 0 Å². The second kappa shape index (κ2) is 9.97. The Labute approximate surface area is 162 Å². The van der Waals surface area contributed by atoms with E-state index in [1.54, 1.807) is 14.2 Å². The van der Waals surface area contributed by atoms with Gasteiger partial charge in [-0.3, -0.25) is 4.79 Å². The van der Waals surface area contributed by atoms with Gasteiger partial charge in [0.1, 0.15) is 0 Å². The molecule has 2 aromatic carbocycles. The van der Waals surface area contributed by atoms with Gasteiger partial charge in [-0.15, -0.1) is 0 Å².